The van der Waals surface area contributed by atoms with E-state index in [-0.39, 0.29) is 5.56 Å². The van der Waals surface area contributed by atoms with Crippen molar-refractivity contribution in [2.45, 2.75) is 51.7 Å². The Hall–Kier alpha value is -1.99. The van der Waals surface area contributed by atoms with Gasteiger partial charge in [-0.3, -0.25) is 14.4 Å². The first kappa shape index (κ1) is 16.5. The minimum atomic E-state index is -0.0435. The first-order valence-electron chi connectivity index (χ1n) is 9.24. The predicted molar refractivity (Wildman–Crippen MR) is 95.4 cm³/mol. The van der Waals surface area contributed by atoms with Gasteiger partial charge in [-0.1, -0.05) is 0 Å². The van der Waals surface area contributed by atoms with Crippen LogP contribution in [-0.4, -0.2) is 44.3 Å². The molecule has 2 aliphatic rings. The van der Waals surface area contributed by atoms with Crippen LogP contribution in [0.5, 0.6) is 0 Å². The summed E-state index contributed by atoms with van der Waals surface area (Å²) in [4.78, 5) is 21.4. The molecule has 0 aromatic carbocycles. The fourth-order valence-electron chi connectivity index (χ4n) is 3.93. The van der Waals surface area contributed by atoms with Crippen LogP contribution in [0, 0.1) is 6.92 Å². The molecule has 134 valence electrons. The summed E-state index contributed by atoms with van der Waals surface area (Å²) in [7, 11) is 0. The van der Waals surface area contributed by atoms with E-state index in [9.17, 15) is 4.79 Å². The van der Waals surface area contributed by atoms with Gasteiger partial charge in [-0.2, -0.15) is 5.10 Å². The molecule has 4 rings (SSSR count). The molecule has 2 aromatic heterocycles. The van der Waals surface area contributed by atoms with E-state index in [1.54, 1.807) is 6.07 Å². The molecule has 0 saturated carbocycles. The Morgan fingerprint density at radius 3 is 2.88 bits per heavy atom. The van der Waals surface area contributed by atoms with Crippen LogP contribution in [0.4, 0.5) is 0 Å². The van der Waals surface area contributed by atoms with E-state index >= 15 is 0 Å². The average Bonchev–Trinajstić information content (AvgIpc) is 2.83. The van der Waals surface area contributed by atoms with E-state index in [1.807, 2.05) is 6.92 Å². The highest BCUT2D eigenvalue weighted by Crippen LogP contribution is 2.26. The maximum atomic E-state index is 11.7. The molecule has 25 heavy (non-hydrogen) atoms. The smallest absolute Gasteiger partial charge is 0.251 e. The summed E-state index contributed by atoms with van der Waals surface area (Å²) in [6.07, 6.45) is 3.23. The van der Waals surface area contributed by atoms with Gasteiger partial charge in [0.05, 0.1) is 17.1 Å². The van der Waals surface area contributed by atoms with E-state index < -0.39 is 0 Å². The van der Waals surface area contributed by atoms with Gasteiger partial charge in [0.25, 0.3) is 5.56 Å². The average molecular weight is 342 g/mol. The third-order valence-electron chi connectivity index (χ3n) is 5.21. The monoisotopic (exact) mass is 342 g/mol. The van der Waals surface area contributed by atoms with E-state index in [2.05, 4.69) is 30.9 Å². The number of nitrogens with zero attached hydrogens (tertiary/aromatic N) is 4. The van der Waals surface area contributed by atoms with Gasteiger partial charge in [0.1, 0.15) is 5.82 Å². The Labute approximate surface area is 147 Å². The van der Waals surface area contributed by atoms with E-state index in [1.165, 1.54) is 11.4 Å². The highest BCUT2D eigenvalue weighted by molar-refractivity contribution is 5.13. The van der Waals surface area contributed by atoms with Crippen LogP contribution in [0.1, 0.15) is 48.1 Å². The summed E-state index contributed by atoms with van der Waals surface area (Å²) < 4.78 is 2.16. The summed E-state index contributed by atoms with van der Waals surface area (Å²) in [5.41, 5.74) is 3.37. The van der Waals surface area contributed by atoms with Crippen molar-refractivity contribution in [3.8, 4) is 0 Å². The largest absolute Gasteiger partial charge is 0.311 e. The zero-order valence-electron chi connectivity index (χ0n) is 14.8. The molecule has 7 heteroatoms. The van der Waals surface area contributed by atoms with Crippen molar-refractivity contribution in [2.24, 2.45) is 0 Å². The summed E-state index contributed by atoms with van der Waals surface area (Å²) >= 11 is 0. The number of hydrogen-bond donors (Lipinski definition) is 2. The van der Waals surface area contributed by atoms with Crippen molar-refractivity contribution >= 4 is 0 Å². The predicted octanol–water partition coefficient (Wildman–Crippen LogP) is 1.15. The molecule has 2 N–H and O–H groups in total. The Kier molecular flexibility index (Phi) is 4.67. The number of aromatic nitrogens is 4. The summed E-state index contributed by atoms with van der Waals surface area (Å²) in [6.45, 7) is 7.81. The first-order valence-corrected chi connectivity index (χ1v) is 9.24. The molecule has 0 unspecified atom stereocenters. The molecular formula is C18H26N6O. The van der Waals surface area contributed by atoms with Gasteiger partial charge in [-0.05, 0) is 51.9 Å². The lowest BCUT2D eigenvalue weighted by atomic mass is 9.93. The molecule has 0 spiro atoms. The topological polar surface area (TPSA) is 78.8 Å². The van der Waals surface area contributed by atoms with Crippen LogP contribution in [0.25, 0.3) is 0 Å². The summed E-state index contributed by atoms with van der Waals surface area (Å²) in [5, 5.41) is 8.23. The third kappa shape index (κ3) is 3.82. The van der Waals surface area contributed by atoms with Crippen molar-refractivity contribution in [1.29, 1.82) is 0 Å². The molecule has 7 nitrogen and oxygen atoms in total. The number of rotatable bonds is 3. The number of nitrogens with one attached hydrogen (secondary N) is 2. The molecule has 1 saturated heterocycles. The Bertz CT molecular complexity index is 764. The van der Waals surface area contributed by atoms with Crippen LogP contribution in [0.3, 0.4) is 0 Å². The Balaban J connectivity index is 1.37. The minimum Gasteiger partial charge on any atom is -0.311 e. The summed E-state index contributed by atoms with van der Waals surface area (Å²) in [6, 6.07) is 3.90. The lowest BCUT2D eigenvalue weighted by Crippen LogP contribution is -2.33. The van der Waals surface area contributed by atoms with Crippen molar-refractivity contribution in [3.05, 3.63) is 45.4 Å². The second-order valence-electron chi connectivity index (χ2n) is 7.19. The second-order valence-corrected chi connectivity index (χ2v) is 7.19. The van der Waals surface area contributed by atoms with Crippen molar-refractivity contribution in [3.63, 3.8) is 0 Å². The molecule has 0 amide bonds. The highest BCUT2D eigenvalue weighted by Gasteiger charge is 2.23. The second kappa shape index (κ2) is 7.09. The fraction of sp³-hybridized carbons (Fsp3) is 0.611. The molecule has 1 fully saturated rings. The van der Waals surface area contributed by atoms with Gasteiger partial charge in [0.15, 0.2) is 0 Å². The van der Waals surface area contributed by atoms with Crippen molar-refractivity contribution in [1.82, 2.24) is 30.0 Å². The molecule has 4 heterocycles. The summed E-state index contributed by atoms with van der Waals surface area (Å²) in [5.74, 6) is 1.10. The van der Waals surface area contributed by atoms with Crippen LogP contribution in [0.15, 0.2) is 16.9 Å². The van der Waals surface area contributed by atoms with E-state index in [0.29, 0.717) is 11.7 Å². The molecule has 2 aromatic rings. The zero-order chi connectivity index (χ0) is 17.2. The van der Waals surface area contributed by atoms with Crippen LogP contribution in [0.2, 0.25) is 0 Å². The number of likely N-dealkylation sites (tertiary alicyclic amines) is 1. The molecule has 0 radical (unpaired) electrons. The molecule has 0 bridgehead atoms. The first-order chi connectivity index (χ1) is 12.2. The van der Waals surface area contributed by atoms with Crippen LogP contribution in [-0.2, 0) is 19.6 Å². The van der Waals surface area contributed by atoms with Crippen molar-refractivity contribution in [2.75, 3.05) is 19.6 Å². The van der Waals surface area contributed by atoms with Crippen LogP contribution >= 0.6 is 0 Å². The Morgan fingerprint density at radius 1 is 1.24 bits per heavy atom. The number of aromatic amines is 1. The normalized spacial score (nSPS) is 19.6. The van der Waals surface area contributed by atoms with Crippen molar-refractivity contribution < 1.29 is 0 Å². The standard InChI is InChI=1S/C18H26N6O/c1-13-20-17(10-18(25)21-13)14-3-7-23(8-4-14)12-15-9-16-11-19-5-2-6-24(16)22-15/h9-10,14,19H,2-8,11-12H2,1H3,(H,20,21,25). The van der Waals surface area contributed by atoms with Gasteiger partial charge >= 0.3 is 0 Å². The number of H-pyrrole nitrogens is 1. The molecule has 2 aliphatic heterocycles. The van der Waals surface area contributed by atoms with Gasteiger partial charge < -0.3 is 10.3 Å². The van der Waals surface area contributed by atoms with Gasteiger partial charge in [-0.15, -0.1) is 0 Å². The quantitative estimate of drug-likeness (QED) is 0.875. The SMILES string of the molecule is Cc1nc(C2CCN(Cc3cc4n(n3)CCCNC4)CC2)cc(=O)[nH]1. The van der Waals surface area contributed by atoms with Gasteiger partial charge in [0.2, 0.25) is 0 Å². The van der Waals surface area contributed by atoms with Crippen LogP contribution < -0.4 is 10.9 Å². The molecule has 0 aliphatic carbocycles. The fourth-order valence-corrected chi connectivity index (χ4v) is 3.93. The number of aryl methyl sites for hydroxylation is 2. The maximum absolute atomic E-state index is 11.7. The molecular weight excluding hydrogens is 316 g/mol. The third-order valence-corrected chi connectivity index (χ3v) is 5.21. The van der Waals surface area contributed by atoms with E-state index in [0.717, 1.165) is 64.2 Å². The maximum Gasteiger partial charge on any atom is 0.251 e. The van der Waals surface area contributed by atoms with Gasteiger partial charge in [-0.25, -0.2) is 4.98 Å². The minimum absolute atomic E-state index is 0.0435. The van der Waals surface area contributed by atoms with Gasteiger partial charge in [0, 0.05) is 31.6 Å². The highest BCUT2D eigenvalue weighted by atomic mass is 16.1. The number of piperidine rings is 1. The lowest BCUT2D eigenvalue weighted by molar-refractivity contribution is 0.200. The number of fused-ring (bicyclic) bond motifs is 1. The zero-order valence-corrected chi connectivity index (χ0v) is 14.8. The number of hydrogen-bond acceptors (Lipinski definition) is 5. The Morgan fingerprint density at radius 2 is 2.08 bits per heavy atom. The lowest BCUT2D eigenvalue weighted by Gasteiger charge is -2.31. The van der Waals surface area contributed by atoms with E-state index in [4.69, 9.17) is 5.10 Å². The molecule has 0 atom stereocenters.